The number of ether oxygens (including phenoxy) is 1. The summed E-state index contributed by atoms with van der Waals surface area (Å²) in [4.78, 5) is 12.3. The SMILES string of the molecule is CC1CCC2(C)C(C1)CC(C)C1C2CC(C)C2(C)C(C(C)CCC(=O)OCCC(F)(F)S(=O)(=O)[O-])CCC12. The van der Waals surface area contributed by atoms with Gasteiger partial charge in [-0.2, -0.15) is 8.78 Å². The van der Waals surface area contributed by atoms with Crippen molar-refractivity contribution in [1.29, 1.82) is 0 Å². The average molecular weight is 560 g/mol. The van der Waals surface area contributed by atoms with Gasteiger partial charge in [0.25, 0.3) is 0 Å². The summed E-state index contributed by atoms with van der Waals surface area (Å²) in [5, 5.41) is -4.42. The van der Waals surface area contributed by atoms with Crippen LogP contribution in [0.1, 0.15) is 106 Å². The van der Waals surface area contributed by atoms with Gasteiger partial charge in [0.05, 0.1) is 13.0 Å². The molecule has 0 radical (unpaired) electrons. The van der Waals surface area contributed by atoms with E-state index in [1.54, 1.807) is 0 Å². The maximum Gasteiger partial charge on any atom is 0.337 e. The smallest absolute Gasteiger partial charge is 0.337 e. The fourth-order valence-electron chi connectivity index (χ4n) is 10.2. The van der Waals surface area contributed by atoms with Crippen LogP contribution in [0.15, 0.2) is 0 Å². The number of hydrogen-bond acceptors (Lipinski definition) is 5. The molecule has 4 rings (SSSR count). The maximum atomic E-state index is 13.3. The molecular formula is C30H49F2O5S-. The highest BCUT2D eigenvalue weighted by Gasteiger charge is 2.64. The van der Waals surface area contributed by atoms with Gasteiger partial charge < -0.3 is 9.29 Å². The number of carbonyl (C=O) groups is 1. The molecule has 0 amide bonds. The van der Waals surface area contributed by atoms with E-state index in [0.717, 1.165) is 29.6 Å². The van der Waals surface area contributed by atoms with Crippen molar-refractivity contribution in [3.63, 3.8) is 0 Å². The van der Waals surface area contributed by atoms with Crippen molar-refractivity contribution in [1.82, 2.24) is 0 Å². The fourth-order valence-corrected chi connectivity index (χ4v) is 10.5. The van der Waals surface area contributed by atoms with Crippen LogP contribution in [-0.2, 0) is 19.6 Å². The maximum absolute atomic E-state index is 13.3. The average Bonchev–Trinajstić information content (AvgIpc) is 3.17. The van der Waals surface area contributed by atoms with E-state index in [-0.39, 0.29) is 11.8 Å². The summed E-state index contributed by atoms with van der Waals surface area (Å²) >= 11 is 0. The zero-order chi connectivity index (χ0) is 28.3. The molecule has 0 N–H and O–H groups in total. The van der Waals surface area contributed by atoms with Crippen LogP contribution in [0.25, 0.3) is 0 Å². The molecule has 0 saturated heterocycles. The number of rotatable bonds is 8. The minimum Gasteiger partial charge on any atom is -0.743 e. The second kappa shape index (κ2) is 10.6. The lowest BCUT2D eigenvalue weighted by Gasteiger charge is -2.65. The first-order valence-electron chi connectivity index (χ1n) is 15.0. The van der Waals surface area contributed by atoms with Crippen LogP contribution in [0.5, 0.6) is 0 Å². The van der Waals surface area contributed by atoms with Gasteiger partial charge in [0.1, 0.15) is 0 Å². The van der Waals surface area contributed by atoms with Crippen molar-refractivity contribution in [2.24, 2.45) is 64.1 Å². The summed E-state index contributed by atoms with van der Waals surface area (Å²) in [6.07, 6.45) is 8.63. The number of esters is 1. The molecule has 11 unspecified atom stereocenters. The highest BCUT2D eigenvalue weighted by atomic mass is 32.2. The van der Waals surface area contributed by atoms with Gasteiger partial charge in [0.15, 0.2) is 10.1 Å². The Kier molecular flexibility index (Phi) is 8.40. The minimum absolute atomic E-state index is 0.114. The largest absolute Gasteiger partial charge is 0.743 e. The zero-order valence-electron chi connectivity index (χ0n) is 24.2. The molecule has 0 heterocycles. The van der Waals surface area contributed by atoms with E-state index in [1.807, 2.05) is 0 Å². The number of hydrogen-bond donors (Lipinski definition) is 0. The molecule has 4 saturated carbocycles. The zero-order valence-corrected chi connectivity index (χ0v) is 25.0. The molecule has 5 nitrogen and oxygen atoms in total. The quantitative estimate of drug-likeness (QED) is 0.231. The highest BCUT2D eigenvalue weighted by Crippen LogP contribution is 2.71. The van der Waals surface area contributed by atoms with Gasteiger partial charge in [-0.05, 0) is 109 Å². The Morgan fingerprint density at radius 3 is 2.42 bits per heavy atom. The van der Waals surface area contributed by atoms with Crippen molar-refractivity contribution in [2.75, 3.05) is 6.61 Å². The third-order valence-corrected chi connectivity index (χ3v) is 13.4. The van der Waals surface area contributed by atoms with Crippen molar-refractivity contribution >= 4 is 16.1 Å². The molecule has 4 fully saturated rings. The molecule has 11 atom stereocenters. The van der Waals surface area contributed by atoms with Crippen LogP contribution >= 0.6 is 0 Å². The molecule has 0 aromatic rings. The summed E-state index contributed by atoms with van der Waals surface area (Å²) in [5.41, 5.74) is 0.698. The summed E-state index contributed by atoms with van der Waals surface area (Å²) in [6.45, 7) is 14.0. The predicted molar refractivity (Wildman–Crippen MR) is 142 cm³/mol. The molecule has 0 aromatic heterocycles. The lowest BCUT2D eigenvalue weighted by Crippen LogP contribution is -2.58. The number of fused-ring (bicyclic) bond motifs is 5. The number of halogens is 2. The lowest BCUT2D eigenvalue weighted by atomic mass is 9.40. The van der Waals surface area contributed by atoms with Gasteiger partial charge >= 0.3 is 11.2 Å². The van der Waals surface area contributed by atoms with E-state index in [9.17, 15) is 26.5 Å². The first-order chi connectivity index (χ1) is 17.5. The van der Waals surface area contributed by atoms with Crippen molar-refractivity contribution in [2.45, 2.75) is 111 Å². The summed E-state index contributed by atoms with van der Waals surface area (Å²) in [6, 6.07) is 0. The molecule has 38 heavy (non-hydrogen) atoms. The van der Waals surface area contributed by atoms with Gasteiger partial charge in [0.2, 0.25) is 0 Å². The molecule has 4 aliphatic rings. The number of alkyl halides is 2. The molecular weight excluding hydrogens is 510 g/mol. The monoisotopic (exact) mass is 559 g/mol. The van der Waals surface area contributed by atoms with Gasteiger partial charge in [-0.15, -0.1) is 0 Å². The minimum atomic E-state index is -5.76. The molecule has 8 heteroatoms. The van der Waals surface area contributed by atoms with E-state index in [2.05, 4.69) is 41.5 Å². The van der Waals surface area contributed by atoms with Crippen molar-refractivity contribution < 1.29 is 31.3 Å². The molecule has 0 spiro atoms. The van der Waals surface area contributed by atoms with E-state index in [0.29, 0.717) is 35.5 Å². The predicted octanol–water partition coefficient (Wildman–Crippen LogP) is 7.26. The first kappa shape index (κ1) is 30.2. The molecule has 220 valence electrons. The Hall–Kier alpha value is -0.760. The second-order valence-corrected chi connectivity index (χ2v) is 15.9. The van der Waals surface area contributed by atoms with Crippen LogP contribution in [0, 0.1) is 64.1 Å². The van der Waals surface area contributed by atoms with Gasteiger partial charge in [-0.3, -0.25) is 4.79 Å². The molecule has 4 aliphatic carbocycles. The van der Waals surface area contributed by atoms with Crippen LogP contribution in [0.4, 0.5) is 8.78 Å². The third-order valence-electron chi connectivity index (χ3n) is 12.5. The van der Waals surface area contributed by atoms with E-state index < -0.39 is 34.4 Å². The summed E-state index contributed by atoms with van der Waals surface area (Å²) in [7, 11) is -5.76. The van der Waals surface area contributed by atoms with Crippen molar-refractivity contribution in [3.05, 3.63) is 0 Å². The Morgan fingerprint density at radius 2 is 1.76 bits per heavy atom. The highest BCUT2D eigenvalue weighted by molar-refractivity contribution is 7.86. The second-order valence-electron chi connectivity index (χ2n) is 14.4. The van der Waals surface area contributed by atoms with E-state index in [1.165, 1.54) is 44.9 Å². The van der Waals surface area contributed by atoms with Crippen LogP contribution in [-0.4, -0.2) is 30.8 Å². The van der Waals surface area contributed by atoms with Crippen LogP contribution < -0.4 is 0 Å². The van der Waals surface area contributed by atoms with Crippen LogP contribution in [0.3, 0.4) is 0 Å². The van der Waals surface area contributed by atoms with Crippen LogP contribution in [0.2, 0.25) is 0 Å². The number of carbonyl (C=O) groups excluding carboxylic acids is 1. The summed E-state index contributed by atoms with van der Waals surface area (Å²) < 4.78 is 63.4. The molecule has 0 bridgehead atoms. The first-order valence-corrected chi connectivity index (χ1v) is 16.4. The molecule has 0 aliphatic heterocycles. The standard InChI is InChI=1S/C30H50F2O5S/c1-18-11-12-28(5)22(15-18)16-20(3)27-24-9-8-23(29(24,6)21(4)17-25(27)28)19(2)7-10-26(33)37-14-13-30(31,32)38(34,35)36/h18-25,27H,7-17H2,1-6H3,(H,34,35,36)/p-1. The lowest BCUT2D eigenvalue weighted by molar-refractivity contribution is -0.163. The third kappa shape index (κ3) is 5.19. The summed E-state index contributed by atoms with van der Waals surface area (Å²) in [5.74, 6) is 5.56. The Labute approximate surface area is 229 Å². The molecule has 0 aromatic carbocycles. The van der Waals surface area contributed by atoms with Gasteiger partial charge in [0, 0.05) is 6.42 Å². The Bertz CT molecular complexity index is 985. The van der Waals surface area contributed by atoms with Crippen molar-refractivity contribution in [3.8, 4) is 0 Å². The normalized spacial score (nSPS) is 44.0. The Balaban J connectivity index is 1.38. The fraction of sp³-hybridized carbons (Fsp3) is 0.967. The Morgan fingerprint density at radius 1 is 1.08 bits per heavy atom. The van der Waals surface area contributed by atoms with Gasteiger partial charge in [-0.1, -0.05) is 48.0 Å². The van der Waals surface area contributed by atoms with Gasteiger partial charge in [-0.25, -0.2) is 8.42 Å². The topological polar surface area (TPSA) is 83.5 Å². The van der Waals surface area contributed by atoms with E-state index >= 15 is 0 Å². The van der Waals surface area contributed by atoms with E-state index in [4.69, 9.17) is 4.74 Å².